The highest BCUT2D eigenvalue weighted by molar-refractivity contribution is 5.90. The van der Waals surface area contributed by atoms with Crippen LogP contribution in [0.3, 0.4) is 0 Å². The third-order valence-corrected chi connectivity index (χ3v) is 5.85. The van der Waals surface area contributed by atoms with Crippen LogP contribution in [0.4, 0.5) is 16.3 Å². The lowest BCUT2D eigenvalue weighted by Gasteiger charge is -2.33. The maximum Gasteiger partial charge on any atom is 0.414 e. The maximum atomic E-state index is 12.1. The second-order valence-corrected chi connectivity index (χ2v) is 7.65. The Morgan fingerprint density at radius 3 is 2.70 bits per heavy atom. The molecule has 0 aliphatic carbocycles. The molecule has 2 aliphatic heterocycles. The summed E-state index contributed by atoms with van der Waals surface area (Å²) in [4.78, 5) is 30.1. The number of rotatable bonds is 3. The van der Waals surface area contributed by atoms with Gasteiger partial charge in [0.05, 0.1) is 12.2 Å². The van der Waals surface area contributed by atoms with Gasteiger partial charge in [-0.15, -0.1) is 0 Å². The molecule has 0 spiro atoms. The van der Waals surface area contributed by atoms with Gasteiger partial charge in [-0.2, -0.15) is 0 Å². The van der Waals surface area contributed by atoms with Gasteiger partial charge in [0.1, 0.15) is 18.1 Å². The van der Waals surface area contributed by atoms with Crippen LogP contribution >= 0.6 is 0 Å². The molecule has 1 fully saturated rings. The molecule has 7 nitrogen and oxygen atoms in total. The number of cyclic esters (lactones) is 1. The number of hydrogen-bond acceptors (Lipinski definition) is 6. The highest BCUT2D eigenvalue weighted by Gasteiger charge is 2.29. The molecule has 4 heterocycles. The smallest absolute Gasteiger partial charge is 0.414 e. The molecule has 1 amide bonds. The summed E-state index contributed by atoms with van der Waals surface area (Å²) in [6.07, 6.45) is 2.35. The maximum absolute atomic E-state index is 12.1. The summed E-state index contributed by atoms with van der Waals surface area (Å²) in [7, 11) is 0. The van der Waals surface area contributed by atoms with E-state index < -0.39 is 0 Å². The Morgan fingerprint density at radius 1 is 1.03 bits per heavy atom. The number of anilines is 2. The number of nitrogens with zero attached hydrogens (tertiary/aromatic N) is 5. The first-order chi connectivity index (χ1) is 14.6. The fraction of sp³-hybridized carbons (Fsp3) is 0.304. The normalized spacial score (nSPS) is 15.9. The van der Waals surface area contributed by atoms with Crippen molar-refractivity contribution in [3.8, 4) is 11.5 Å². The van der Waals surface area contributed by atoms with Crippen molar-refractivity contribution in [1.82, 2.24) is 15.0 Å². The summed E-state index contributed by atoms with van der Waals surface area (Å²) in [5, 5.41) is 0. The number of carbonyl (C=O) groups is 1. The Morgan fingerprint density at radius 2 is 1.93 bits per heavy atom. The molecular formula is C23H23N5O2. The monoisotopic (exact) mass is 401 g/mol. The summed E-state index contributed by atoms with van der Waals surface area (Å²) < 4.78 is 5.14. The molecular weight excluding hydrogens is 378 g/mol. The van der Waals surface area contributed by atoms with Crippen molar-refractivity contribution in [1.29, 1.82) is 0 Å². The topological polar surface area (TPSA) is 71.5 Å². The lowest BCUT2D eigenvalue weighted by atomic mass is 9.96. The summed E-state index contributed by atoms with van der Waals surface area (Å²) in [5.74, 6) is 1.59. The second-order valence-electron chi connectivity index (χ2n) is 7.65. The van der Waals surface area contributed by atoms with Crippen molar-refractivity contribution in [2.24, 2.45) is 0 Å². The van der Waals surface area contributed by atoms with Gasteiger partial charge in [-0.05, 0) is 49.6 Å². The Hall–Kier alpha value is -3.48. The van der Waals surface area contributed by atoms with Gasteiger partial charge in [0.15, 0.2) is 5.82 Å². The zero-order chi connectivity index (χ0) is 20.7. The number of pyridine rings is 1. The molecule has 0 radical (unpaired) electrons. The standard InChI is InChI=1S/C23H23N5O2/c1-15-16(2)25-21(19-7-3-4-10-24-19)26-22(15)27-11-9-18-17(14-27)6-5-8-20(18)28-12-13-30-23(28)29/h3-8,10H,9,11-14H2,1-2H3. The molecule has 3 aromatic rings. The average molecular weight is 401 g/mol. The minimum absolute atomic E-state index is 0.256. The van der Waals surface area contributed by atoms with Crippen LogP contribution in [0.5, 0.6) is 0 Å². The molecule has 1 aromatic carbocycles. The van der Waals surface area contributed by atoms with Crippen molar-refractivity contribution in [3.05, 3.63) is 65.0 Å². The first-order valence-corrected chi connectivity index (χ1v) is 10.2. The Bertz CT molecular complexity index is 1120. The summed E-state index contributed by atoms with van der Waals surface area (Å²) in [5.41, 5.74) is 6.22. The molecule has 2 aromatic heterocycles. The summed E-state index contributed by atoms with van der Waals surface area (Å²) in [6.45, 7) is 6.71. The van der Waals surface area contributed by atoms with Crippen molar-refractivity contribution in [2.75, 3.05) is 29.5 Å². The van der Waals surface area contributed by atoms with E-state index in [1.54, 1.807) is 11.1 Å². The van der Waals surface area contributed by atoms with Gasteiger partial charge in [0.25, 0.3) is 0 Å². The number of amides is 1. The lowest BCUT2D eigenvalue weighted by Crippen LogP contribution is -2.34. The van der Waals surface area contributed by atoms with Crippen molar-refractivity contribution >= 4 is 17.6 Å². The van der Waals surface area contributed by atoms with Crippen molar-refractivity contribution in [3.63, 3.8) is 0 Å². The fourth-order valence-corrected chi connectivity index (χ4v) is 4.17. The summed E-state index contributed by atoms with van der Waals surface area (Å²) in [6, 6.07) is 11.9. The molecule has 152 valence electrons. The first-order valence-electron chi connectivity index (χ1n) is 10.2. The van der Waals surface area contributed by atoms with E-state index in [0.29, 0.717) is 19.0 Å². The number of aromatic nitrogens is 3. The number of aryl methyl sites for hydroxylation is 1. The molecule has 0 bridgehead atoms. The third kappa shape index (κ3) is 3.16. The third-order valence-electron chi connectivity index (χ3n) is 5.85. The highest BCUT2D eigenvalue weighted by atomic mass is 16.6. The van der Waals surface area contributed by atoms with E-state index in [1.807, 2.05) is 37.3 Å². The largest absolute Gasteiger partial charge is 0.447 e. The second kappa shape index (κ2) is 7.40. The fourth-order valence-electron chi connectivity index (χ4n) is 4.17. The van der Waals surface area contributed by atoms with E-state index in [1.165, 1.54) is 11.1 Å². The Balaban J connectivity index is 1.50. The number of benzene rings is 1. The van der Waals surface area contributed by atoms with Crippen LogP contribution in [0.1, 0.15) is 22.4 Å². The van der Waals surface area contributed by atoms with Gasteiger partial charge in [-0.25, -0.2) is 14.8 Å². The molecule has 1 saturated heterocycles. The van der Waals surface area contributed by atoms with Crippen molar-refractivity contribution in [2.45, 2.75) is 26.8 Å². The van der Waals surface area contributed by atoms with Gasteiger partial charge >= 0.3 is 6.09 Å². The molecule has 7 heteroatoms. The number of fused-ring (bicyclic) bond motifs is 1. The van der Waals surface area contributed by atoms with Crippen LogP contribution in [0.25, 0.3) is 11.5 Å². The Labute approximate surface area is 175 Å². The highest BCUT2D eigenvalue weighted by Crippen LogP contribution is 2.33. The predicted octanol–water partition coefficient (Wildman–Crippen LogP) is 3.67. The average Bonchev–Trinajstić information content (AvgIpc) is 3.21. The van der Waals surface area contributed by atoms with Gasteiger partial charge in [-0.3, -0.25) is 9.88 Å². The summed E-state index contributed by atoms with van der Waals surface area (Å²) >= 11 is 0. The van der Waals surface area contributed by atoms with Crippen LogP contribution in [0, 0.1) is 13.8 Å². The minimum Gasteiger partial charge on any atom is -0.447 e. The van der Waals surface area contributed by atoms with E-state index in [0.717, 1.165) is 48.0 Å². The minimum atomic E-state index is -0.256. The zero-order valence-corrected chi connectivity index (χ0v) is 17.1. The molecule has 30 heavy (non-hydrogen) atoms. The van der Waals surface area contributed by atoms with Gasteiger partial charge in [0.2, 0.25) is 0 Å². The van der Waals surface area contributed by atoms with Crippen LogP contribution in [-0.2, 0) is 17.7 Å². The first kappa shape index (κ1) is 18.5. The molecule has 0 unspecified atom stereocenters. The van der Waals surface area contributed by atoms with Crippen molar-refractivity contribution < 1.29 is 9.53 Å². The number of ether oxygens (including phenoxy) is 1. The number of carbonyl (C=O) groups excluding carboxylic acids is 1. The van der Waals surface area contributed by atoms with Gasteiger partial charge in [-0.1, -0.05) is 18.2 Å². The molecule has 0 N–H and O–H groups in total. The van der Waals surface area contributed by atoms with Gasteiger partial charge in [0, 0.05) is 30.5 Å². The van der Waals surface area contributed by atoms with E-state index in [-0.39, 0.29) is 6.09 Å². The quantitative estimate of drug-likeness (QED) is 0.667. The molecule has 5 rings (SSSR count). The van der Waals surface area contributed by atoms with Crippen LogP contribution in [0.15, 0.2) is 42.6 Å². The van der Waals surface area contributed by atoms with E-state index >= 15 is 0 Å². The Kier molecular flexibility index (Phi) is 4.58. The van der Waals surface area contributed by atoms with E-state index in [2.05, 4.69) is 27.9 Å². The van der Waals surface area contributed by atoms with E-state index in [9.17, 15) is 4.79 Å². The zero-order valence-electron chi connectivity index (χ0n) is 17.1. The molecule has 0 saturated carbocycles. The van der Waals surface area contributed by atoms with Crippen LogP contribution in [0.2, 0.25) is 0 Å². The molecule has 2 aliphatic rings. The lowest BCUT2D eigenvalue weighted by molar-refractivity contribution is 0.181. The van der Waals surface area contributed by atoms with Crippen LogP contribution in [-0.4, -0.2) is 40.7 Å². The predicted molar refractivity (Wildman–Crippen MR) is 115 cm³/mol. The van der Waals surface area contributed by atoms with E-state index in [4.69, 9.17) is 9.72 Å². The molecule has 0 atom stereocenters. The number of hydrogen-bond donors (Lipinski definition) is 0. The van der Waals surface area contributed by atoms with Crippen LogP contribution < -0.4 is 9.80 Å². The SMILES string of the molecule is Cc1nc(-c2ccccn2)nc(N2CCc3c(cccc3N3CCOC3=O)C2)c1C. The van der Waals surface area contributed by atoms with Gasteiger partial charge < -0.3 is 9.64 Å².